The number of carbonyl (C=O) groups is 1. The quantitative estimate of drug-likeness (QED) is 0.673. The molecule has 1 fully saturated rings. The van der Waals surface area contributed by atoms with Crippen molar-refractivity contribution < 1.29 is 4.79 Å². The molecule has 1 nitrogen and oxygen atoms in total. The summed E-state index contributed by atoms with van der Waals surface area (Å²) >= 11 is 3.57. The zero-order chi connectivity index (χ0) is 14.2. The highest BCUT2D eigenvalue weighted by molar-refractivity contribution is 9.10. The fraction of sp³-hybridized carbons (Fsp3) is 0.588. The fourth-order valence-electron chi connectivity index (χ4n) is 3.48. The van der Waals surface area contributed by atoms with Gasteiger partial charge in [0, 0.05) is 16.0 Å². The van der Waals surface area contributed by atoms with Crippen molar-refractivity contribution >= 4 is 21.7 Å². The minimum atomic E-state index is 0.221. The predicted octanol–water partition coefficient (Wildman–Crippen LogP) is 5.32. The molecule has 2 rings (SSSR count). The Labute approximate surface area is 124 Å². The van der Waals surface area contributed by atoms with E-state index in [9.17, 15) is 4.79 Å². The number of halogens is 1. The highest BCUT2D eigenvalue weighted by atomic mass is 79.9. The minimum Gasteiger partial charge on any atom is -0.294 e. The number of carbonyl (C=O) groups excluding carboxylic acids is 1. The van der Waals surface area contributed by atoms with Crippen LogP contribution in [0.25, 0.3) is 0 Å². The Balaban J connectivity index is 2.24. The molecule has 19 heavy (non-hydrogen) atoms. The van der Waals surface area contributed by atoms with Gasteiger partial charge in [-0.1, -0.05) is 29.8 Å². The zero-order valence-electron chi connectivity index (χ0n) is 12.3. The van der Waals surface area contributed by atoms with E-state index in [0.717, 1.165) is 34.0 Å². The average molecular weight is 323 g/mol. The second-order valence-electron chi connectivity index (χ2n) is 6.40. The standard InChI is InChI=1S/C17H23BrO/c1-10-5-11(2)7-14(6-10)17(19)15-8-12(3)16(18)13(4)9-15/h8-11,14H,5-7H2,1-4H3. The van der Waals surface area contributed by atoms with Gasteiger partial charge < -0.3 is 0 Å². The first-order valence-electron chi connectivity index (χ1n) is 7.19. The predicted molar refractivity (Wildman–Crippen MR) is 83.6 cm³/mol. The van der Waals surface area contributed by atoms with Crippen molar-refractivity contribution in [1.82, 2.24) is 0 Å². The maximum atomic E-state index is 12.7. The number of benzene rings is 1. The van der Waals surface area contributed by atoms with Gasteiger partial charge in [-0.15, -0.1) is 0 Å². The van der Waals surface area contributed by atoms with Gasteiger partial charge in [0.2, 0.25) is 0 Å². The Bertz CT molecular complexity index is 459. The van der Waals surface area contributed by atoms with Gasteiger partial charge in [0.05, 0.1) is 0 Å². The van der Waals surface area contributed by atoms with Crippen molar-refractivity contribution in [2.24, 2.45) is 17.8 Å². The Kier molecular flexibility index (Phi) is 4.50. The third kappa shape index (κ3) is 3.28. The van der Waals surface area contributed by atoms with Gasteiger partial charge in [-0.2, -0.15) is 0 Å². The van der Waals surface area contributed by atoms with Crippen LogP contribution in [-0.2, 0) is 0 Å². The summed E-state index contributed by atoms with van der Waals surface area (Å²) in [5.74, 6) is 1.92. The smallest absolute Gasteiger partial charge is 0.165 e. The summed E-state index contributed by atoms with van der Waals surface area (Å²) in [5, 5.41) is 0. The van der Waals surface area contributed by atoms with Gasteiger partial charge in [0.15, 0.2) is 5.78 Å². The molecule has 1 saturated carbocycles. The summed E-state index contributed by atoms with van der Waals surface area (Å²) in [7, 11) is 0. The number of hydrogen-bond donors (Lipinski definition) is 0. The summed E-state index contributed by atoms with van der Waals surface area (Å²) in [6.45, 7) is 8.65. The van der Waals surface area contributed by atoms with Gasteiger partial charge in [-0.05, 0) is 68.2 Å². The highest BCUT2D eigenvalue weighted by Gasteiger charge is 2.29. The summed E-state index contributed by atoms with van der Waals surface area (Å²) in [5.41, 5.74) is 3.20. The van der Waals surface area contributed by atoms with Crippen LogP contribution >= 0.6 is 15.9 Å². The maximum absolute atomic E-state index is 12.7. The van der Waals surface area contributed by atoms with Crippen molar-refractivity contribution in [2.45, 2.75) is 47.0 Å². The number of aryl methyl sites for hydroxylation is 2. The lowest BCUT2D eigenvalue weighted by Gasteiger charge is -2.30. The average Bonchev–Trinajstić information content (AvgIpc) is 2.33. The molecule has 0 amide bonds. The largest absolute Gasteiger partial charge is 0.294 e. The molecule has 0 heterocycles. The molecule has 0 saturated heterocycles. The lowest BCUT2D eigenvalue weighted by Crippen LogP contribution is -2.26. The normalized spacial score (nSPS) is 27.3. The first-order valence-corrected chi connectivity index (χ1v) is 7.98. The highest BCUT2D eigenvalue weighted by Crippen LogP contribution is 2.35. The van der Waals surface area contributed by atoms with Crippen LogP contribution in [0.5, 0.6) is 0 Å². The maximum Gasteiger partial charge on any atom is 0.165 e. The minimum absolute atomic E-state index is 0.221. The van der Waals surface area contributed by atoms with Crippen molar-refractivity contribution in [3.63, 3.8) is 0 Å². The molecule has 1 aliphatic carbocycles. The molecule has 1 aromatic carbocycles. The second-order valence-corrected chi connectivity index (χ2v) is 7.20. The van der Waals surface area contributed by atoms with Crippen LogP contribution < -0.4 is 0 Å². The molecule has 1 aliphatic rings. The molecule has 0 aromatic heterocycles. The third-order valence-corrected chi connectivity index (χ3v) is 5.52. The Hall–Kier alpha value is -0.630. The molecule has 1 aromatic rings. The molecule has 0 aliphatic heterocycles. The van der Waals surface area contributed by atoms with E-state index in [-0.39, 0.29) is 5.92 Å². The van der Waals surface area contributed by atoms with Crippen LogP contribution in [0.1, 0.15) is 54.6 Å². The van der Waals surface area contributed by atoms with E-state index in [0.29, 0.717) is 17.6 Å². The summed E-state index contributed by atoms with van der Waals surface area (Å²) < 4.78 is 1.12. The molecule has 0 N–H and O–H groups in total. The molecule has 2 unspecified atom stereocenters. The topological polar surface area (TPSA) is 17.1 Å². The lowest BCUT2D eigenvalue weighted by molar-refractivity contribution is 0.0836. The van der Waals surface area contributed by atoms with Crippen LogP contribution in [0.15, 0.2) is 16.6 Å². The molecule has 2 heteroatoms. The Morgan fingerprint density at radius 1 is 1.05 bits per heavy atom. The number of hydrogen-bond acceptors (Lipinski definition) is 1. The van der Waals surface area contributed by atoms with E-state index in [2.05, 4.69) is 43.6 Å². The van der Waals surface area contributed by atoms with Crippen molar-refractivity contribution in [3.05, 3.63) is 33.3 Å². The van der Waals surface area contributed by atoms with Crippen LogP contribution in [0.2, 0.25) is 0 Å². The van der Waals surface area contributed by atoms with E-state index < -0.39 is 0 Å². The molecule has 0 spiro atoms. The Morgan fingerprint density at radius 3 is 2.00 bits per heavy atom. The van der Waals surface area contributed by atoms with Crippen LogP contribution in [0.4, 0.5) is 0 Å². The van der Waals surface area contributed by atoms with E-state index in [4.69, 9.17) is 0 Å². The van der Waals surface area contributed by atoms with E-state index >= 15 is 0 Å². The second kappa shape index (κ2) is 5.78. The lowest BCUT2D eigenvalue weighted by atomic mass is 9.74. The van der Waals surface area contributed by atoms with Crippen molar-refractivity contribution in [2.75, 3.05) is 0 Å². The number of Topliss-reactive ketones (excluding diaryl/α,β-unsaturated/α-hetero) is 1. The molecule has 2 atom stereocenters. The van der Waals surface area contributed by atoms with E-state index in [1.165, 1.54) is 6.42 Å². The van der Waals surface area contributed by atoms with Gasteiger partial charge in [-0.25, -0.2) is 0 Å². The SMILES string of the molecule is Cc1cc(C(=O)C2CC(C)CC(C)C2)cc(C)c1Br. The van der Waals surface area contributed by atoms with E-state index in [1.807, 2.05) is 12.1 Å². The van der Waals surface area contributed by atoms with Crippen molar-refractivity contribution in [3.8, 4) is 0 Å². The van der Waals surface area contributed by atoms with Gasteiger partial charge in [0.1, 0.15) is 0 Å². The van der Waals surface area contributed by atoms with E-state index in [1.54, 1.807) is 0 Å². The molecular weight excluding hydrogens is 300 g/mol. The van der Waals surface area contributed by atoms with Gasteiger partial charge >= 0.3 is 0 Å². The molecular formula is C17H23BrO. The third-order valence-electron chi connectivity index (χ3n) is 4.27. The van der Waals surface area contributed by atoms with Gasteiger partial charge in [-0.3, -0.25) is 4.79 Å². The molecule has 104 valence electrons. The fourth-order valence-corrected chi connectivity index (χ4v) is 3.71. The molecule has 0 bridgehead atoms. The van der Waals surface area contributed by atoms with Gasteiger partial charge in [0.25, 0.3) is 0 Å². The monoisotopic (exact) mass is 322 g/mol. The number of ketones is 1. The molecule has 0 radical (unpaired) electrons. The van der Waals surface area contributed by atoms with Crippen LogP contribution in [0.3, 0.4) is 0 Å². The Morgan fingerprint density at radius 2 is 1.53 bits per heavy atom. The van der Waals surface area contributed by atoms with Crippen LogP contribution in [0, 0.1) is 31.6 Å². The van der Waals surface area contributed by atoms with Crippen LogP contribution in [-0.4, -0.2) is 5.78 Å². The number of rotatable bonds is 2. The first kappa shape index (κ1) is 14.8. The first-order chi connectivity index (χ1) is 8.88. The zero-order valence-corrected chi connectivity index (χ0v) is 13.9. The summed E-state index contributed by atoms with van der Waals surface area (Å²) in [6.07, 6.45) is 3.37. The summed E-state index contributed by atoms with van der Waals surface area (Å²) in [6, 6.07) is 4.06. The van der Waals surface area contributed by atoms with Crippen molar-refractivity contribution in [1.29, 1.82) is 0 Å². The summed E-state index contributed by atoms with van der Waals surface area (Å²) in [4.78, 5) is 12.7.